The Morgan fingerprint density at radius 2 is 1.95 bits per heavy atom. The van der Waals surface area contributed by atoms with Crippen LogP contribution in [-0.4, -0.2) is 25.2 Å². The maximum Gasteiger partial charge on any atom is 0.213 e. The molecule has 1 heterocycles. The Kier molecular flexibility index (Phi) is 5.86. The molecule has 0 saturated heterocycles. The lowest BCUT2D eigenvalue weighted by atomic mass is 10.2. The van der Waals surface area contributed by atoms with Crippen molar-refractivity contribution in [2.45, 2.75) is 13.0 Å². The molecule has 20 heavy (non-hydrogen) atoms. The van der Waals surface area contributed by atoms with Gasteiger partial charge in [0.25, 0.3) is 0 Å². The van der Waals surface area contributed by atoms with E-state index in [4.69, 9.17) is 9.47 Å². The minimum Gasteiger partial charge on any atom is -0.495 e. The summed E-state index contributed by atoms with van der Waals surface area (Å²) in [4.78, 5) is 4.15. The van der Waals surface area contributed by atoms with Gasteiger partial charge in [-0.15, -0.1) is 0 Å². The summed E-state index contributed by atoms with van der Waals surface area (Å²) in [6.45, 7) is 2.47. The molecule has 4 nitrogen and oxygen atoms in total. The van der Waals surface area contributed by atoms with Crippen LogP contribution in [0, 0.1) is 0 Å². The van der Waals surface area contributed by atoms with Crippen molar-refractivity contribution in [2.24, 2.45) is 0 Å². The minimum atomic E-state index is 0.633. The molecule has 1 N–H and O–H groups in total. The Balaban J connectivity index is 1.57. The van der Waals surface area contributed by atoms with E-state index in [-0.39, 0.29) is 0 Å². The molecule has 0 spiro atoms. The molecular weight excluding hydrogens is 252 g/mol. The third kappa shape index (κ3) is 4.90. The molecule has 0 bridgehead atoms. The largest absolute Gasteiger partial charge is 0.495 e. The third-order valence-corrected chi connectivity index (χ3v) is 2.86. The van der Waals surface area contributed by atoms with Crippen molar-refractivity contribution < 1.29 is 9.47 Å². The molecule has 0 saturated carbocycles. The van der Waals surface area contributed by atoms with Gasteiger partial charge in [0.2, 0.25) is 5.88 Å². The summed E-state index contributed by atoms with van der Waals surface area (Å²) in [5.41, 5.74) is 1.30. The van der Waals surface area contributed by atoms with Gasteiger partial charge in [0, 0.05) is 12.6 Å². The van der Waals surface area contributed by atoms with Gasteiger partial charge in [-0.25, -0.2) is 4.98 Å². The van der Waals surface area contributed by atoms with E-state index in [9.17, 15) is 0 Å². The summed E-state index contributed by atoms with van der Waals surface area (Å²) in [6, 6.07) is 14.0. The zero-order valence-electron chi connectivity index (χ0n) is 11.7. The van der Waals surface area contributed by atoms with Gasteiger partial charge in [0.05, 0.1) is 19.9 Å². The molecule has 106 valence electrons. The highest BCUT2D eigenvalue weighted by atomic mass is 16.5. The average Bonchev–Trinajstić information content (AvgIpc) is 2.52. The van der Waals surface area contributed by atoms with Crippen LogP contribution >= 0.6 is 0 Å². The van der Waals surface area contributed by atoms with Crippen molar-refractivity contribution >= 4 is 0 Å². The number of aromatic nitrogens is 1. The van der Waals surface area contributed by atoms with E-state index in [0.717, 1.165) is 25.3 Å². The molecular formula is C16H20N2O2. The number of benzene rings is 1. The van der Waals surface area contributed by atoms with Crippen LogP contribution in [0.25, 0.3) is 0 Å². The molecule has 4 heteroatoms. The number of ether oxygens (including phenoxy) is 2. The first kappa shape index (κ1) is 14.3. The molecule has 0 aliphatic rings. The molecule has 0 atom stereocenters. The number of nitrogens with one attached hydrogen (secondary N) is 1. The lowest BCUT2D eigenvalue weighted by Crippen LogP contribution is -2.17. The second-order valence-corrected chi connectivity index (χ2v) is 4.40. The average molecular weight is 272 g/mol. The molecule has 2 rings (SSSR count). The SMILES string of the molecule is COc1ccc(OCCCNCc2ccccc2)nc1. The molecule has 0 aliphatic carbocycles. The fourth-order valence-corrected chi connectivity index (χ4v) is 1.78. The topological polar surface area (TPSA) is 43.4 Å². The summed E-state index contributed by atoms with van der Waals surface area (Å²) in [5.74, 6) is 1.37. The maximum absolute atomic E-state index is 5.55. The van der Waals surface area contributed by atoms with Crippen LogP contribution in [0.2, 0.25) is 0 Å². The van der Waals surface area contributed by atoms with Gasteiger partial charge in [-0.3, -0.25) is 0 Å². The number of hydrogen-bond donors (Lipinski definition) is 1. The van der Waals surface area contributed by atoms with Crippen molar-refractivity contribution in [3.63, 3.8) is 0 Å². The Morgan fingerprint density at radius 1 is 1.10 bits per heavy atom. The van der Waals surface area contributed by atoms with Crippen LogP contribution in [0.4, 0.5) is 0 Å². The van der Waals surface area contributed by atoms with Crippen molar-refractivity contribution in [1.82, 2.24) is 10.3 Å². The van der Waals surface area contributed by atoms with Gasteiger partial charge in [-0.1, -0.05) is 30.3 Å². The second-order valence-electron chi connectivity index (χ2n) is 4.40. The lowest BCUT2D eigenvalue weighted by molar-refractivity contribution is 0.295. The highest BCUT2D eigenvalue weighted by molar-refractivity contribution is 5.22. The van der Waals surface area contributed by atoms with Crippen molar-refractivity contribution in [3.05, 3.63) is 54.2 Å². The second kappa shape index (κ2) is 8.17. The van der Waals surface area contributed by atoms with Gasteiger partial charge in [0.15, 0.2) is 0 Å². The van der Waals surface area contributed by atoms with Crippen molar-refractivity contribution in [1.29, 1.82) is 0 Å². The Bertz CT molecular complexity index is 486. The van der Waals surface area contributed by atoms with Crippen LogP contribution in [0.1, 0.15) is 12.0 Å². The van der Waals surface area contributed by atoms with Crippen LogP contribution < -0.4 is 14.8 Å². The standard InChI is InChI=1S/C16H20N2O2/c1-19-15-8-9-16(18-13-15)20-11-5-10-17-12-14-6-3-2-4-7-14/h2-4,6-9,13,17H,5,10-12H2,1H3. The molecule has 1 aromatic carbocycles. The fourth-order valence-electron chi connectivity index (χ4n) is 1.78. The molecule has 0 fully saturated rings. The van der Waals surface area contributed by atoms with Gasteiger partial charge in [-0.05, 0) is 24.6 Å². The van der Waals surface area contributed by atoms with E-state index in [1.54, 1.807) is 13.3 Å². The molecule has 0 aliphatic heterocycles. The first-order valence-electron chi connectivity index (χ1n) is 6.76. The zero-order chi connectivity index (χ0) is 14.0. The monoisotopic (exact) mass is 272 g/mol. The van der Waals surface area contributed by atoms with Crippen LogP contribution in [0.3, 0.4) is 0 Å². The Hall–Kier alpha value is -2.07. The predicted molar refractivity (Wildman–Crippen MR) is 79.0 cm³/mol. The summed E-state index contributed by atoms with van der Waals surface area (Å²) >= 11 is 0. The minimum absolute atomic E-state index is 0.633. The maximum atomic E-state index is 5.55. The van der Waals surface area contributed by atoms with Crippen LogP contribution in [0.15, 0.2) is 48.7 Å². The van der Waals surface area contributed by atoms with Gasteiger partial charge in [0.1, 0.15) is 5.75 Å². The van der Waals surface area contributed by atoms with Gasteiger partial charge in [-0.2, -0.15) is 0 Å². The highest BCUT2D eigenvalue weighted by Gasteiger charge is 1.97. The van der Waals surface area contributed by atoms with Crippen molar-refractivity contribution in [2.75, 3.05) is 20.3 Å². The molecule has 0 unspecified atom stereocenters. The predicted octanol–water partition coefficient (Wildman–Crippen LogP) is 2.65. The van der Waals surface area contributed by atoms with Crippen molar-refractivity contribution in [3.8, 4) is 11.6 Å². The number of nitrogens with zero attached hydrogens (tertiary/aromatic N) is 1. The van der Waals surface area contributed by atoms with Crippen LogP contribution in [0.5, 0.6) is 11.6 Å². The molecule has 0 radical (unpaired) electrons. The molecule has 1 aromatic heterocycles. The number of methoxy groups -OCH3 is 1. The van der Waals surface area contributed by atoms with E-state index in [1.807, 2.05) is 18.2 Å². The summed E-state index contributed by atoms with van der Waals surface area (Å²) in [7, 11) is 1.62. The summed E-state index contributed by atoms with van der Waals surface area (Å²) in [5, 5.41) is 3.39. The quantitative estimate of drug-likeness (QED) is 0.750. The fraction of sp³-hybridized carbons (Fsp3) is 0.312. The van der Waals surface area contributed by atoms with Gasteiger partial charge < -0.3 is 14.8 Å². The van der Waals surface area contributed by atoms with E-state index in [1.165, 1.54) is 5.56 Å². The molecule has 0 amide bonds. The van der Waals surface area contributed by atoms with E-state index in [2.05, 4.69) is 34.6 Å². The lowest BCUT2D eigenvalue weighted by Gasteiger charge is -2.07. The highest BCUT2D eigenvalue weighted by Crippen LogP contribution is 2.12. The first-order valence-corrected chi connectivity index (χ1v) is 6.76. The smallest absolute Gasteiger partial charge is 0.213 e. The Labute approximate surface area is 119 Å². The molecule has 2 aromatic rings. The summed E-state index contributed by atoms with van der Waals surface area (Å²) in [6.07, 6.45) is 2.60. The van der Waals surface area contributed by atoms with E-state index >= 15 is 0 Å². The first-order chi connectivity index (χ1) is 9.88. The number of hydrogen-bond acceptors (Lipinski definition) is 4. The third-order valence-electron chi connectivity index (χ3n) is 2.86. The number of rotatable bonds is 8. The van der Waals surface area contributed by atoms with E-state index in [0.29, 0.717) is 12.5 Å². The summed E-state index contributed by atoms with van der Waals surface area (Å²) < 4.78 is 10.6. The number of pyridine rings is 1. The van der Waals surface area contributed by atoms with Crippen LogP contribution in [-0.2, 0) is 6.54 Å². The Morgan fingerprint density at radius 3 is 2.65 bits per heavy atom. The zero-order valence-corrected chi connectivity index (χ0v) is 11.7. The van der Waals surface area contributed by atoms with E-state index < -0.39 is 0 Å². The van der Waals surface area contributed by atoms with Gasteiger partial charge >= 0.3 is 0 Å². The normalized spacial score (nSPS) is 10.2.